The molecule has 2 N–H and O–H groups in total. The molecule has 1 aromatic heterocycles. The van der Waals surface area contributed by atoms with Crippen molar-refractivity contribution in [2.75, 3.05) is 6.54 Å². The zero-order chi connectivity index (χ0) is 11.7. The number of rotatable bonds is 2. The van der Waals surface area contributed by atoms with Crippen LogP contribution in [0.5, 0.6) is 0 Å². The standard InChI is InChI=1S/C14H17N3/c15-9-12-3-1-2-11-8-13(4-5-14(11)12)17-7-6-16-10-17/h4-8,10,12H,1-3,9,15H2. The highest BCUT2D eigenvalue weighted by atomic mass is 15.0. The molecule has 1 unspecified atom stereocenters. The molecule has 88 valence electrons. The van der Waals surface area contributed by atoms with E-state index in [2.05, 4.69) is 23.2 Å². The van der Waals surface area contributed by atoms with E-state index >= 15 is 0 Å². The fourth-order valence-electron chi connectivity index (χ4n) is 2.72. The largest absolute Gasteiger partial charge is 0.330 e. The van der Waals surface area contributed by atoms with Gasteiger partial charge in [0.25, 0.3) is 0 Å². The van der Waals surface area contributed by atoms with E-state index in [1.54, 1.807) is 0 Å². The molecule has 1 aliphatic carbocycles. The van der Waals surface area contributed by atoms with E-state index in [0.717, 1.165) is 6.54 Å². The van der Waals surface area contributed by atoms with E-state index in [0.29, 0.717) is 5.92 Å². The van der Waals surface area contributed by atoms with Crippen LogP contribution in [0.15, 0.2) is 36.9 Å². The van der Waals surface area contributed by atoms with E-state index in [-0.39, 0.29) is 0 Å². The molecular formula is C14H17N3. The maximum Gasteiger partial charge on any atom is 0.0991 e. The van der Waals surface area contributed by atoms with Gasteiger partial charge in [0, 0.05) is 18.1 Å². The molecule has 17 heavy (non-hydrogen) atoms. The molecule has 3 nitrogen and oxygen atoms in total. The summed E-state index contributed by atoms with van der Waals surface area (Å²) in [6.07, 6.45) is 9.28. The molecule has 3 heteroatoms. The van der Waals surface area contributed by atoms with Crippen molar-refractivity contribution in [1.82, 2.24) is 9.55 Å². The van der Waals surface area contributed by atoms with E-state index in [1.807, 2.05) is 23.3 Å². The van der Waals surface area contributed by atoms with Gasteiger partial charge in [0.2, 0.25) is 0 Å². The number of nitrogens with two attached hydrogens (primary N) is 1. The van der Waals surface area contributed by atoms with Crippen LogP contribution < -0.4 is 5.73 Å². The summed E-state index contributed by atoms with van der Waals surface area (Å²) >= 11 is 0. The van der Waals surface area contributed by atoms with Gasteiger partial charge in [-0.05, 0) is 55.0 Å². The molecule has 0 amide bonds. The van der Waals surface area contributed by atoms with Crippen LogP contribution in [-0.2, 0) is 6.42 Å². The van der Waals surface area contributed by atoms with E-state index in [9.17, 15) is 0 Å². The van der Waals surface area contributed by atoms with Crippen molar-refractivity contribution < 1.29 is 0 Å². The molecule has 0 aliphatic heterocycles. The SMILES string of the molecule is NCC1CCCc2cc(-n3ccnc3)ccc21. The molecule has 0 saturated heterocycles. The minimum atomic E-state index is 0.551. The molecule has 1 aromatic carbocycles. The quantitative estimate of drug-likeness (QED) is 0.855. The molecule has 0 saturated carbocycles. The summed E-state index contributed by atoms with van der Waals surface area (Å²) in [6, 6.07) is 6.68. The minimum Gasteiger partial charge on any atom is -0.330 e. The first-order chi connectivity index (χ1) is 8.38. The Kier molecular flexibility index (Phi) is 2.69. The summed E-state index contributed by atoms with van der Waals surface area (Å²) < 4.78 is 2.05. The van der Waals surface area contributed by atoms with E-state index in [4.69, 9.17) is 5.73 Å². The summed E-state index contributed by atoms with van der Waals surface area (Å²) in [6.45, 7) is 0.761. The van der Waals surface area contributed by atoms with Crippen LogP contribution in [0.25, 0.3) is 5.69 Å². The molecule has 1 atom stereocenters. The fraction of sp³-hybridized carbons (Fsp3) is 0.357. The summed E-state index contributed by atoms with van der Waals surface area (Å²) in [5, 5.41) is 0. The summed E-state index contributed by atoms with van der Waals surface area (Å²) in [4.78, 5) is 4.08. The van der Waals surface area contributed by atoms with Crippen LogP contribution >= 0.6 is 0 Å². The first-order valence-corrected chi connectivity index (χ1v) is 6.19. The molecule has 3 rings (SSSR count). The Bertz CT molecular complexity index is 502. The Morgan fingerprint density at radius 2 is 2.35 bits per heavy atom. The third-order valence-electron chi connectivity index (χ3n) is 3.65. The number of nitrogens with zero attached hydrogens (tertiary/aromatic N) is 2. The number of imidazole rings is 1. The second-order valence-corrected chi connectivity index (χ2v) is 4.68. The van der Waals surface area contributed by atoms with Gasteiger partial charge in [0.15, 0.2) is 0 Å². The molecular weight excluding hydrogens is 210 g/mol. The Morgan fingerprint density at radius 3 is 3.12 bits per heavy atom. The van der Waals surface area contributed by atoms with Crippen LogP contribution in [0.1, 0.15) is 29.9 Å². The Hall–Kier alpha value is -1.61. The Balaban J connectivity index is 2.02. The van der Waals surface area contributed by atoms with Gasteiger partial charge in [-0.1, -0.05) is 6.07 Å². The second-order valence-electron chi connectivity index (χ2n) is 4.68. The van der Waals surface area contributed by atoms with Crippen LogP contribution in [0.4, 0.5) is 0 Å². The lowest BCUT2D eigenvalue weighted by atomic mass is 9.82. The zero-order valence-electron chi connectivity index (χ0n) is 9.84. The summed E-state index contributed by atoms with van der Waals surface area (Å²) in [5.74, 6) is 0.551. The van der Waals surface area contributed by atoms with Gasteiger partial charge in [0.1, 0.15) is 0 Å². The molecule has 2 aromatic rings. The van der Waals surface area contributed by atoms with Gasteiger partial charge in [-0.25, -0.2) is 4.98 Å². The highest BCUT2D eigenvalue weighted by Gasteiger charge is 2.19. The van der Waals surface area contributed by atoms with Crippen LogP contribution in [0, 0.1) is 0 Å². The van der Waals surface area contributed by atoms with Gasteiger partial charge in [-0.2, -0.15) is 0 Å². The second kappa shape index (κ2) is 4.34. The summed E-state index contributed by atoms with van der Waals surface area (Å²) in [5.41, 5.74) is 9.93. The van der Waals surface area contributed by atoms with E-state index < -0.39 is 0 Å². The fourth-order valence-corrected chi connectivity index (χ4v) is 2.72. The lowest BCUT2D eigenvalue weighted by molar-refractivity contribution is 0.560. The van der Waals surface area contributed by atoms with Crippen molar-refractivity contribution in [1.29, 1.82) is 0 Å². The van der Waals surface area contributed by atoms with Crippen molar-refractivity contribution in [3.63, 3.8) is 0 Å². The van der Waals surface area contributed by atoms with Crippen LogP contribution in [-0.4, -0.2) is 16.1 Å². The van der Waals surface area contributed by atoms with Crippen molar-refractivity contribution >= 4 is 0 Å². The number of aryl methyl sites for hydroxylation is 1. The average molecular weight is 227 g/mol. The molecule has 1 heterocycles. The van der Waals surface area contributed by atoms with Crippen LogP contribution in [0.3, 0.4) is 0 Å². The number of hydrogen-bond donors (Lipinski definition) is 1. The average Bonchev–Trinajstić information content (AvgIpc) is 2.91. The first kappa shape index (κ1) is 10.5. The Morgan fingerprint density at radius 1 is 1.41 bits per heavy atom. The number of aromatic nitrogens is 2. The predicted molar refractivity (Wildman–Crippen MR) is 68.3 cm³/mol. The van der Waals surface area contributed by atoms with Gasteiger partial charge in [-0.3, -0.25) is 0 Å². The lowest BCUT2D eigenvalue weighted by Gasteiger charge is -2.24. The first-order valence-electron chi connectivity index (χ1n) is 6.19. The number of benzene rings is 1. The van der Waals surface area contributed by atoms with Gasteiger partial charge in [-0.15, -0.1) is 0 Å². The Labute approximate surface area is 101 Å². The van der Waals surface area contributed by atoms with Gasteiger partial charge < -0.3 is 10.3 Å². The number of fused-ring (bicyclic) bond motifs is 1. The van der Waals surface area contributed by atoms with Gasteiger partial charge in [0.05, 0.1) is 6.33 Å². The molecule has 0 radical (unpaired) electrons. The smallest absolute Gasteiger partial charge is 0.0991 e. The highest BCUT2D eigenvalue weighted by Crippen LogP contribution is 2.31. The highest BCUT2D eigenvalue weighted by molar-refractivity contribution is 5.43. The third-order valence-corrected chi connectivity index (χ3v) is 3.65. The molecule has 0 bridgehead atoms. The minimum absolute atomic E-state index is 0.551. The lowest BCUT2D eigenvalue weighted by Crippen LogP contribution is -2.18. The molecule has 1 aliphatic rings. The van der Waals surface area contributed by atoms with Crippen molar-refractivity contribution in [3.05, 3.63) is 48.0 Å². The zero-order valence-corrected chi connectivity index (χ0v) is 9.84. The van der Waals surface area contributed by atoms with E-state index in [1.165, 1.54) is 36.1 Å². The number of hydrogen-bond acceptors (Lipinski definition) is 2. The predicted octanol–water partition coefficient (Wildman–Crippen LogP) is 2.25. The maximum atomic E-state index is 5.84. The third kappa shape index (κ3) is 1.87. The summed E-state index contributed by atoms with van der Waals surface area (Å²) in [7, 11) is 0. The topological polar surface area (TPSA) is 43.8 Å². The normalized spacial score (nSPS) is 19.0. The monoisotopic (exact) mass is 227 g/mol. The maximum absolute atomic E-state index is 5.84. The van der Waals surface area contributed by atoms with Crippen LogP contribution in [0.2, 0.25) is 0 Å². The van der Waals surface area contributed by atoms with Gasteiger partial charge >= 0.3 is 0 Å². The van der Waals surface area contributed by atoms with Crippen molar-refractivity contribution in [2.45, 2.75) is 25.2 Å². The van der Waals surface area contributed by atoms with Crippen molar-refractivity contribution in [3.8, 4) is 5.69 Å². The molecule has 0 spiro atoms. The van der Waals surface area contributed by atoms with Crippen molar-refractivity contribution in [2.24, 2.45) is 5.73 Å². The molecule has 0 fully saturated rings.